The first-order valence-electron chi connectivity index (χ1n) is 6.52. The van der Waals surface area contributed by atoms with Crippen LogP contribution >= 0.6 is 0 Å². The topological polar surface area (TPSA) is 70.1 Å². The summed E-state index contributed by atoms with van der Waals surface area (Å²) in [5.74, 6) is 1.66. The highest BCUT2D eigenvalue weighted by Gasteiger charge is 2.18. The van der Waals surface area contributed by atoms with Crippen LogP contribution < -0.4 is 10.6 Å². The lowest BCUT2D eigenvalue weighted by atomic mass is 10.0. The van der Waals surface area contributed by atoms with E-state index in [0.29, 0.717) is 13.0 Å². The van der Waals surface area contributed by atoms with Crippen molar-refractivity contribution in [2.45, 2.75) is 45.6 Å². The van der Waals surface area contributed by atoms with Gasteiger partial charge in [0.1, 0.15) is 18.0 Å². The van der Waals surface area contributed by atoms with E-state index in [1.807, 2.05) is 20.9 Å². The van der Waals surface area contributed by atoms with Crippen LogP contribution in [0.4, 0.5) is 11.6 Å². The fourth-order valence-electron chi connectivity index (χ4n) is 1.67. The zero-order chi connectivity index (χ0) is 13.6. The Morgan fingerprint density at radius 3 is 2.50 bits per heavy atom. The first-order valence-corrected chi connectivity index (χ1v) is 6.52. The highest BCUT2D eigenvalue weighted by molar-refractivity contribution is 5.57. The smallest absolute Gasteiger partial charge is 0.134 e. The van der Waals surface area contributed by atoms with E-state index in [2.05, 4.69) is 27.5 Å². The molecule has 0 fully saturated rings. The van der Waals surface area contributed by atoms with Gasteiger partial charge in [0.25, 0.3) is 0 Å². The lowest BCUT2D eigenvalue weighted by Crippen LogP contribution is -2.33. The minimum Gasteiger partial charge on any atom is -0.388 e. The molecule has 1 aromatic rings. The Labute approximate surface area is 109 Å². The average molecular weight is 252 g/mol. The van der Waals surface area contributed by atoms with Crippen molar-refractivity contribution in [2.24, 2.45) is 0 Å². The van der Waals surface area contributed by atoms with Crippen molar-refractivity contribution < 1.29 is 5.11 Å². The summed E-state index contributed by atoms with van der Waals surface area (Å²) in [5, 5.41) is 16.3. The summed E-state index contributed by atoms with van der Waals surface area (Å²) in [6.07, 6.45) is 4.18. The van der Waals surface area contributed by atoms with E-state index < -0.39 is 5.60 Å². The molecule has 18 heavy (non-hydrogen) atoms. The molecular formula is C13H24N4O. The molecule has 0 saturated carbocycles. The van der Waals surface area contributed by atoms with Crippen molar-refractivity contribution in [1.29, 1.82) is 0 Å². The third-order valence-corrected chi connectivity index (χ3v) is 3.08. The molecule has 0 aliphatic carbocycles. The minimum absolute atomic E-state index is 0.486. The summed E-state index contributed by atoms with van der Waals surface area (Å²) in [6.45, 7) is 6.39. The predicted molar refractivity (Wildman–Crippen MR) is 75.0 cm³/mol. The summed E-state index contributed by atoms with van der Waals surface area (Å²) >= 11 is 0. The Morgan fingerprint density at radius 2 is 1.94 bits per heavy atom. The third kappa shape index (κ3) is 3.84. The molecule has 1 aromatic heterocycles. The van der Waals surface area contributed by atoms with Gasteiger partial charge < -0.3 is 15.7 Å². The Kier molecular flexibility index (Phi) is 5.34. The molecule has 0 aliphatic rings. The predicted octanol–water partition coefficient (Wildman–Crippen LogP) is 2.04. The van der Waals surface area contributed by atoms with Gasteiger partial charge in [-0.05, 0) is 19.8 Å². The molecular weight excluding hydrogens is 228 g/mol. The van der Waals surface area contributed by atoms with E-state index in [9.17, 15) is 5.11 Å². The maximum absolute atomic E-state index is 10.0. The van der Waals surface area contributed by atoms with Crippen LogP contribution in [0.5, 0.6) is 0 Å². The normalized spacial score (nSPS) is 14.1. The second-order valence-corrected chi connectivity index (χ2v) is 4.75. The van der Waals surface area contributed by atoms with Gasteiger partial charge in [0.2, 0.25) is 0 Å². The molecule has 0 saturated heterocycles. The van der Waals surface area contributed by atoms with E-state index in [1.165, 1.54) is 6.33 Å². The number of anilines is 2. The summed E-state index contributed by atoms with van der Waals surface area (Å²) < 4.78 is 0. The SMILES string of the molecule is CCCc1c(NC)ncnc1NCC(C)(O)CC. The van der Waals surface area contributed by atoms with Crippen molar-refractivity contribution in [3.63, 3.8) is 0 Å². The molecule has 102 valence electrons. The van der Waals surface area contributed by atoms with Crippen LogP contribution in [0.3, 0.4) is 0 Å². The van der Waals surface area contributed by atoms with Gasteiger partial charge in [0, 0.05) is 19.2 Å². The van der Waals surface area contributed by atoms with Crippen molar-refractivity contribution >= 4 is 11.6 Å². The fourth-order valence-corrected chi connectivity index (χ4v) is 1.67. The van der Waals surface area contributed by atoms with Gasteiger partial charge in [-0.3, -0.25) is 0 Å². The fraction of sp³-hybridized carbons (Fsp3) is 0.692. The molecule has 0 aromatic carbocycles. The molecule has 1 atom stereocenters. The molecule has 1 heterocycles. The van der Waals surface area contributed by atoms with Crippen molar-refractivity contribution in [1.82, 2.24) is 9.97 Å². The average Bonchev–Trinajstić information content (AvgIpc) is 2.38. The van der Waals surface area contributed by atoms with Gasteiger partial charge in [-0.15, -0.1) is 0 Å². The quantitative estimate of drug-likeness (QED) is 0.693. The summed E-state index contributed by atoms with van der Waals surface area (Å²) in [4.78, 5) is 8.49. The number of hydrogen-bond acceptors (Lipinski definition) is 5. The van der Waals surface area contributed by atoms with Gasteiger partial charge in [-0.2, -0.15) is 0 Å². The lowest BCUT2D eigenvalue weighted by Gasteiger charge is -2.23. The lowest BCUT2D eigenvalue weighted by molar-refractivity contribution is 0.0696. The van der Waals surface area contributed by atoms with Crippen LogP contribution in [0.2, 0.25) is 0 Å². The maximum Gasteiger partial charge on any atom is 0.134 e. The summed E-state index contributed by atoms with van der Waals surface area (Å²) in [5.41, 5.74) is 0.364. The molecule has 1 rings (SSSR count). The second-order valence-electron chi connectivity index (χ2n) is 4.75. The Bertz CT molecular complexity index is 379. The number of aromatic nitrogens is 2. The molecule has 5 heteroatoms. The largest absolute Gasteiger partial charge is 0.388 e. The summed E-state index contributed by atoms with van der Waals surface area (Å²) in [6, 6.07) is 0. The Hall–Kier alpha value is -1.36. The van der Waals surface area contributed by atoms with E-state index in [-0.39, 0.29) is 0 Å². The molecule has 5 nitrogen and oxygen atoms in total. The van der Waals surface area contributed by atoms with Crippen LogP contribution in [-0.4, -0.2) is 34.3 Å². The van der Waals surface area contributed by atoms with Crippen LogP contribution in [0.25, 0.3) is 0 Å². The van der Waals surface area contributed by atoms with Gasteiger partial charge in [-0.1, -0.05) is 20.3 Å². The van der Waals surface area contributed by atoms with Gasteiger partial charge >= 0.3 is 0 Å². The molecule has 0 radical (unpaired) electrons. The molecule has 3 N–H and O–H groups in total. The highest BCUT2D eigenvalue weighted by atomic mass is 16.3. The highest BCUT2D eigenvalue weighted by Crippen LogP contribution is 2.22. The van der Waals surface area contributed by atoms with Gasteiger partial charge in [-0.25, -0.2) is 9.97 Å². The van der Waals surface area contributed by atoms with Crippen LogP contribution in [0.15, 0.2) is 6.33 Å². The van der Waals surface area contributed by atoms with Crippen molar-refractivity contribution in [3.8, 4) is 0 Å². The van der Waals surface area contributed by atoms with Crippen LogP contribution in [0, 0.1) is 0 Å². The Balaban J connectivity index is 2.87. The van der Waals surface area contributed by atoms with E-state index in [1.54, 1.807) is 0 Å². The number of rotatable bonds is 7. The zero-order valence-corrected chi connectivity index (χ0v) is 11.7. The van der Waals surface area contributed by atoms with Crippen molar-refractivity contribution in [3.05, 3.63) is 11.9 Å². The number of hydrogen-bond donors (Lipinski definition) is 3. The van der Waals surface area contributed by atoms with Gasteiger partial charge in [0.15, 0.2) is 0 Å². The minimum atomic E-state index is -0.714. The third-order valence-electron chi connectivity index (χ3n) is 3.08. The van der Waals surface area contributed by atoms with Gasteiger partial charge in [0.05, 0.1) is 5.60 Å². The van der Waals surface area contributed by atoms with E-state index in [4.69, 9.17) is 0 Å². The van der Waals surface area contributed by atoms with Crippen molar-refractivity contribution in [2.75, 3.05) is 24.2 Å². The molecule has 0 bridgehead atoms. The molecule has 1 unspecified atom stereocenters. The van der Waals surface area contributed by atoms with Crippen LogP contribution in [0.1, 0.15) is 39.2 Å². The Morgan fingerprint density at radius 1 is 1.28 bits per heavy atom. The molecule has 0 amide bonds. The molecule has 0 spiro atoms. The van der Waals surface area contributed by atoms with E-state index >= 15 is 0 Å². The number of aliphatic hydroxyl groups is 1. The monoisotopic (exact) mass is 252 g/mol. The standard InChI is InChI=1S/C13H24N4O/c1-5-7-10-11(14-4)16-9-17-12(10)15-8-13(3,18)6-2/h9,18H,5-8H2,1-4H3,(H2,14,15,16,17). The first kappa shape index (κ1) is 14.7. The van der Waals surface area contributed by atoms with E-state index in [0.717, 1.165) is 30.0 Å². The number of nitrogens with one attached hydrogen (secondary N) is 2. The second kappa shape index (κ2) is 6.54. The van der Waals surface area contributed by atoms with Crippen LogP contribution in [-0.2, 0) is 6.42 Å². The molecule has 0 aliphatic heterocycles. The number of nitrogens with zero attached hydrogens (tertiary/aromatic N) is 2. The summed E-state index contributed by atoms with van der Waals surface area (Å²) in [7, 11) is 1.85. The maximum atomic E-state index is 10.0. The first-order chi connectivity index (χ1) is 8.54. The zero-order valence-electron chi connectivity index (χ0n) is 11.7.